The molecule has 0 spiro atoms. The molecule has 4 heteroatoms. The zero-order valence-corrected chi connectivity index (χ0v) is 11.5. The number of ether oxygens (including phenoxy) is 1. The summed E-state index contributed by atoms with van der Waals surface area (Å²) in [4.78, 5) is 22.6. The molecule has 0 radical (unpaired) electrons. The first-order chi connectivity index (χ1) is 8.85. The van der Waals surface area contributed by atoms with Crippen molar-refractivity contribution in [2.75, 3.05) is 5.32 Å². The fourth-order valence-electron chi connectivity index (χ4n) is 1.92. The predicted molar refractivity (Wildman–Crippen MR) is 73.3 cm³/mol. The van der Waals surface area contributed by atoms with Crippen LogP contribution < -0.4 is 5.32 Å². The molecule has 1 aromatic carbocycles. The molecule has 0 aliphatic heterocycles. The van der Waals surface area contributed by atoms with Crippen LogP contribution in [-0.4, -0.2) is 18.0 Å². The van der Waals surface area contributed by atoms with Crippen molar-refractivity contribution in [3.05, 3.63) is 29.8 Å². The van der Waals surface area contributed by atoms with Gasteiger partial charge in [0.05, 0.1) is 5.41 Å². The van der Waals surface area contributed by atoms with Gasteiger partial charge in [0, 0.05) is 5.69 Å². The van der Waals surface area contributed by atoms with E-state index in [1.807, 2.05) is 32.9 Å². The Kier molecular flexibility index (Phi) is 3.35. The molecule has 1 aromatic rings. The largest absolute Gasteiger partial charge is 0.444 e. The van der Waals surface area contributed by atoms with Gasteiger partial charge in [-0.05, 0) is 51.3 Å². The lowest BCUT2D eigenvalue weighted by Gasteiger charge is -2.19. The standard InChI is InChI=1S/C15H19NO3/c1-14(2,3)19-13(18)16-12-6-4-11(5-7-12)15(10-17)8-9-15/h4-7,10H,8-9H2,1-3H3,(H,16,18). The lowest BCUT2D eigenvalue weighted by molar-refractivity contribution is -0.109. The van der Waals surface area contributed by atoms with E-state index in [1.165, 1.54) is 0 Å². The summed E-state index contributed by atoms with van der Waals surface area (Å²) in [7, 11) is 0. The molecule has 0 bridgehead atoms. The maximum Gasteiger partial charge on any atom is 0.412 e. The molecule has 0 heterocycles. The van der Waals surface area contributed by atoms with Gasteiger partial charge in [0.1, 0.15) is 11.9 Å². The highest BCUT2D eigenvalue weighted by Crippen LogP contribution is 2.46. The van der Waals surface area contributed by atoms with Crippen molar-refractivity contribution < 1.29 is 14.3 Å². The summed E-state index contributed by atoms with van der Waals surface area (Å²) in [5.74, 6) is 0. The summed E-state index contributed by atoms with van der Waals surface area (Å²) in [5.41, 5.74) is 0.890. The molecular formula is C15H19NO3. The van der Waals surface area contributed by atoms with Crippen molar-refractivity contribution in [2.45, 2.75) is 44.6 Å². The molecule has 0 unspecified atom stereocenters. The van der Waals surface area contributed by atoms with Gasteiger partial charge in [0.15, 0.2) is 0 Å². The van der Waals surface area contributed by atoms with Crippen LogP contribution in [0.5, 0.6) is 0 Å². The molecule has 0 atom stereocenters. The maximum atomic E-state index is 11.6. The van der Waals surface area contributed by atoms with E-state index < -0.39 is 11.7 Å². The third kappa shape index (κ3) is 3.34. The van der Waals surface area contributed by atoms with Crippen LogP contribution in [0, 0.1) is 0 Å². The van der Waals surface area contributed by atoms with Crippen molar-refractivity contribution in [3.63, 3.8) is 0 Å². The zero-order chi connectivity index (χ0) is 14.1. The SMILES string of the molecule is CC(C)(C)OC(=O)Nc1ccc(C2(C=O)CC2)cc1. The molecule has 1 aliphatic carbocycles. The Bertz CT molecular complexity index is 481. The van der Waals surface area contributed by atoms with E-state index >= 15 is 0 Å². The summed E-state index contributed by atoms with van der Waals surface area (Å²) >= 11 is 0. The monoisotopic (exact) mass is 261 g/mol. The molecule has 19 heavy (non-hydrogen) atoms. The number of aldehydes is 1. The Balaban J connectivity index is 2.00. The molecule has 1 N–H and O–H groups in total. The Labute approximate surface area is 113 Å². The number of carbonyl (C=O) groups excluding carboxylic acids is 2. The number of benzene rings is 1. The van der Waals surface area contributed by atoms with Crippen LogP contribution in [0.1, 0.15) is 39.2 Å². The van der Waals surface area contributed by atoms with Crippen LogP contribution >= 0.6 is 0 Å². The van der Waals surface area contributed by atoms with Crippen molar-refractivity contribution >= 4 is 18.1 Å². The molecule has 102 valence electrons. The second kappa shape index (κ2) is 4.68. The topological polar surface area (TPSA) is 55.4 Å². The van der Waals surface area contributed by atoms with Gasteiger partial charge in [-0.25, -0.2) is 4.79 Å². The van der Waals surface area contributed by atoms with Crippen LogP contribution in [-0.2, 0) is 14.9 Å². The van der Waals surface area contributed by atoms with E-state index in [0.29, 0.717) is 5.69 Å². The van der Waals surface area contributed by atoms with E-state index in [9.17, 15) is 9.59 Å². The zero-order valence-electron chi connectivity index (χ0n) is 11.5. The molecule has 2 rings (SSSR count). The Hall–Kier alpha value is -1.84. The minimum Gasteiger partial charge on any atom is -0.444 e. The van der Waals surface area contributed by atoms with Crippen molar-refractivity contribution in [3.8, 4) is 0 Å². The van der Waals surface area contributed by atoms with Crippen LogP contribution in [0.15, 0.2) is 24.3 Å². The van der Waals surface area contributed by atoms with E-state index in [1.54, 1.807) is 12.1 Å². The lowest BCUT2D eigenvalue weighted by Crippen LogP contribution is -2.27. The highest BCUT2D eigenvalue weighted by molar-refractivity contribution is 5.85. The summed E-state index contributed by atoms with van der Waals surface area (Å²) in [6.07, 6.45) is 2.37. The number of carbonyl (C=O) groups is 2. The molecule has 0 aromatic heterocycles. The number of hydrogen-bond acceptors (Lipinski definition) is 3. The van der Waals surface area contributed by atoms with Crippen molar-refractivity contribution in [1.29, 1.82) is 0 Å². The first-order valence-electron chi connectivity index (χ1n) is 6.42. The van der Waals surface area contributed by atoms with Gasteiger partial charge in [-0.2, -0.15) is 0 Å². The third-order valence-corrected chi connectivity index (χ3v) is 3.12. The molecule has 4 nitrogen and oxygen atoms in total. The summed E-state index contributed by atoms with van der Waals surface area (Å²) in [6.45, 7) is 5.45. The third-order valence-electron chi connectivity index (χ3n) is 3.12. The van der Waals surface area contributed by atoms with Crippen LogP contribution in [0.2, 0.25) is 0 Å². The minimum absolute atomic E-state index is 0.273. The predicted octanol–water partition coefficient (Wildman–Crippen LogP) is 3.26. The first-order valence-corrected chi connectivity index (χ1v) is 6.42. The second-order valence-electron chi connectivity index (χ2n) is 5.98. The molecule has 1 aliphatic rings. The summed E-state index contributed by atoms with van der Waals surface area (Å²) in [6, 6.07) is 7.36. The molecule has 1 saturated carbocycles. The second-order valence-corrected chi connectivity index (χ2v) is 5.98. The highest BCUT2D eigenvalue weighted by atomic mass is 16.6. The van der Waals surface area contributed by atoms with Gasteiger partial charge in [-0.3, -0.25) is 5.32 Å². The Morgan fingerprint density at radius 3 is 2.26 bits per heavy atom. The minimum atomic E-state index is -0.514. The van der Waals surface area contributed by atoms with Crippen LogP contribution in [0.4, 0.5) is 10.5 Å². The summed E-state index contributed by atoms with van der Waals surface area (Å²) in [5, 5.41) is 2.67. The van der Waals surface area contributed by atoms with E-state index in [-0.39, 0.29) is 5.41 Å². The van der Waals surface area contributed by atoms with Gasteiger partial charge in [-0.15, -0.1) is 0 Å². The fourth-order valence-corrected chi connectivity index (χ4v) is 1.92. The quantitative estimate of drug-likeness (QED) is 0.850. The average Bonchev–Trinajstić information content (AvgIpc) is 3.08. The Morgan fingerprint density at radius 1 is 1.26 bits per heavy atom. The van der Waals surface area contributed by atoms with Crippen LogP contribution in [0.25, 0.3) is 0 Å². The number of rotatable bonds is 3. The molecule has 1 fully saturated rings. The number of amides is 1. The normalized spacial score (nSPS) is 16.6. The number of nitrogens with one attached hydrogen (secondary N) is 1. The van der Waals surface area contributed by atoms with Gasteiger partial charge >= 0.3 is 6.09 Å². The van der Waals surface area contributed by atoms with Crippen LogP contribution in [0.3, 0.4) is 0 Å². The van der Waals surface area contributed by atoms with Gasteiger partial charge in [0.2, 0.25) is 0 Å². The van der Waals surface area contributed by atoms with E-state index in [0.717, 1.165) is 24.7 Å². The fraction of sp³-hybridized carbons (Fsp3) is 0.467. The van der Waals surface area contributed by atoms with Crippen molar-refractivity contribution in [2.24, 2.45) is 0 Å². The lowest BCUT2D eigenvalue weighted by atomic mass is 9.98. The number of hydrogen-bond donors (Lipinski definition) is 1. The smallest absolute Gasteiger partial charge is 0.412 e. The van der Waals surface area contributed by atoms with Gasteiger partial charge < -0.3 is 9.53 Å². The molecule has 0 saturated heterocycles. The van der Waals surface area contributed by atoms with Gasteiger partial charge in [0.25, 0.3) is 0 Å². The summed E-state index contributed by atoms with van der Waals surface area (Å²) < 4.78 is 5.17. The van der Waals surface area contributed by atoms with E-state index in [4.69, 9.17) is 4.74 Å². The molecular weight excluding hydrogens is 242 g/mol. The van der Waals surface area contributed by atoms with Crippen molar-refractivity contribution in [1.82, 2.24) is 0 Å². The van der Waals surface area contributed by atoms with E-state index in [2.05, 4.69) is 5.32 Å². The Morgan fingerprint density at radius 2 is 1.84 bits per heavy atom. The average molecular weight is 261 g/mol. The molecule has 1 amide bonds. The first kappa shape index (κ1) is 13.6. The highest BCUT2D eigenvalue weighted by Gasteiger charge is 2.44. The number of anilines is 1. The van der Waals surface area contributed by atoms with Gasteiger partial charge in [-0.1, -0.05) is 12.1 Å². The maximum absolute atomic E-state index is 11.6.